The van der Waals surface area contributed by atoms with Crippen molar-refractivity contribution in [3.05, 3.63) is 138 Å². The van der Waals surface area contributed by atoms with E-state index in [0.29, 0.717) is 22.1 Å². The molecular weight excluding hydrogens is 759 g/mol. The summed E-state index contributed by atoms with van der Waals surface area (Å²) < 4.78 is 53.1. The molecule has 220 valence electrons. The molecule has 0 bridgehead atoms. The standard InChI is InChI=1S/2C12H6F2N3.C6H5NO2.Ir/c2*13-8-4-3-7-11(12(8)14)17-15-9-5-1-2-6-10(9)16-17;8-6(9)5-3-1-2-4-7-5;/h2*1-6H;1-4H,(H,8,9);/q2*-1;;+3/p-1. The third-order valence-electron chi connectivity index (χ3n) is 5.58. The fraction of sp³-hybridized carbons (Fsp3) is 0. The molecule has 0 saturated heterocycles. The smallest absolute Gasteiger partial charge is 0.543 e. The molecule has 0 radical (unpaired) electrons. The van der Waals surface area contributed by atoms with Crippen molar-refractivity contribution in [2.45, 2.75) is 0 Å². The van der Waals surface area contributed by atoms with Gasteiger partial charge in [0, 0.05) is 17.6 Å². The first-order valence-corrected chi connectivity index (χ1v) is 12.3. The molecule has 14 heteroatoms. The van der Waals surface area contributed by atoms with E-state index in [0.717, 1.165) is 21.7 Å². The maximum Gasteiger partial charge on any atom is 3.00 e. The summed E-state index contributed by atoms with van der Waals surface area (Å²) in [5.74, 6) is -5.14. The van der Waals surface area contributed by atoms with Crippen LogP contribution in [0.15, 0.2) is 97.2 Å². The number of carbonyl (C=O) groups excluding carboxylic acids is 1. The van der Waals surface area contributed by atoms with Gasteiger partial charge < -0.3 is 9.90 Å². The summed E-state index contributed by atoms with van der Waals surface area (Å²) in [6.45, 7) is 0. The van der Waals surface area contributed by atoms with Gasteiger partial charge in [-0.3, -0.25) is 13.8 Å². The number of aromatic carboxylic acids is 1. The van der Waals surface area contributed by atoms with E-state index in [1.807, 2.05) is 0 Å². The Morgan fingerprint density at radius 2 is 1.00 bits per heavy atom. The van der Waals surface area contributed by atoms with Gasteiger partial charge in [0.1, 0.15) is 22.1 Å². The van der Waals surface area contributed by atoms with E-state index >= 15 is 0 Å². The van der Waals surface area contributed by atoms with Crippen LogP contribution in [0.5, 0.6) is 0 Å². The van der Waals surface area contributed by atoms with Crippen LogP contribution in [0.2, 0.25) is 0 Å². The first-order chi connectivity index (χ1) is 20.8. The van der Waals surface area contributed by atoms with E-state index < -0.39 is 29.2 Å². The Morgan fingerprint density at radius 3 is 1.32 bits per heavy atom. The van der Waals surface area contributed by atoms with Crippen molar-refractivity contribution in [1.82, 2.24) is 35.0 Å². The van der Waals surface area contributed by atoms with E-state index in [-0.39, 0.29) is 37.2 Å². The fourth-order valence-corrected chi connectivity index (χ4v) is 3.58. The van der Waals surface area contributed by atoms with E-state index in [1.54, 1.807) is 60.7 Å². The Bertz CT molecular complexity index is 1850. The zero-order chi connectivity index (χ0) is 30.3. The van der Waals surface area contributed by atoms with Crippen LogP contribution in [0, 0.1) is 35.4 Å². The van der Waals surface area contributed by atoms with Crippen LogP contribution < -0.4 is 5.11 Å². The molecular formula is C30H16F4IrN7O2. The summed E-state index contributed by atoms with van der Waals surface area (Å²) in [6.07, 6.45) is 1.41. The Hall–Kier alpha value is -5.33. The molecule has 0 unspecified atom stereocenters. The molecule has 3 aromatic heterocycles. The second kappa shape index (κ2) is 14.2. The number of carbonyl (C=O) groups is 1. The Kier molecular flexibility index (Phi) is 10.2. The number of carboxylic acids is 1. The second-order valence-electron chi connectivity index (χ2n) is 8.44. The molecule has 0 fully saturated rings. The average Bonchev–Trinajstić information content (AvgIpc) is 3.65. The Balaban J connectivity index is 0.000000156. The number of hydrogen-bond donors (Lipinski definition) is 0. The van der Waals surface area contributed by atoms with E-state index in [1.165, 1.54) is 24.4 Å². The normalized spacial score (nSPS) is 10.3. The molecule has 0 N–H and O–H groups in total. The van der Waals surface area contributed by atoms with Crippen molar-refractivity contribution in [2.75, 3.05) is 0 Å². The molecule has 7 aromatic rings. The number of nitrogens with zero attached hydrogens (tertiary/aromatic N) is 7. The molecule has 9 nitrogen and oxygen atoms in total. The van der Waals surface area contributed by atoms with Gasteiger partial charge in [0.2, 0.25) is 0 Å². The van der Waals surface area contributed by atoms with Crippen molar-refractivity contribution < 1.29 is 47.6 Å². The van der Waals surface area contributed by atoms with Crippen molar-refractivity contribution in [3.8, 4) is 11.4 Å². The predicted molar refractivity (Wildman–Crippen MR) is 144 cm³/mol. The van der Waals surface area contributed by atoms with Crippen molar-refractivity contribution >= 4 is 28.0 Å². The molecule has 3 heterocycles. The first-order valence-electron chi connectivity index (χ1n) is 12.3. The molecule has 0 amide bonds. The maximum atomic E-state index is 13.5. The minimum atomic E-state index is -1.24. The summed E-state index contributed by atoms with van der Waals surface area (Å²) >= 11 is 0. The molecule has 44 heavy (non-hydrogen) atoms. The number of aromatic nitrogens is 7. The number of carboxylic acid groups (broad SMARTS) is 1. The van der Waals surface area contributed by atoms with Gasteiger partial charge in [0.25, 0.3) is 0 Å². The van der Waals surface area contributed by atoms with Crippen LogP contribution >= 0.6 is 0 Å². The molecule has 0 aliphatic rings. The van der Waals surface area contributed by atoms with Gasteiger partial charge in [0.05, 0.1) is 34.9 Å². The number of pyridine rings is 1. The average molecular weight is 775 g/mol. The number of rotatable bonds is 3. The topological polar surface area (TPSA) is 114 Å². The maximum absolute atomic E-state index is 13.5. The van der Waals surface area contributed by atoms with E-state index in [4.69, 9.17) is 0 Å². The molecule has 4 aromatic carbocycles. The second-order valence-corrected chi connectivity index (χ2v) is 8.44. The number of benzene rings is 4. The van der Waals surface area contributed by atoms with Crippen molar-refractivity contribution in [2.24, 2.45) is 0 Å². The Labute approximate surface area is 259 Å². The molecule has 0 aliphatic carbocycles. The van der Waals surface area contributed by atoms with Gasteiger partial charge in [-0.05, 0) is 36.4 Å². The summed E-state index contributed by atoms with van der Waals surface area (Å²) in [7, 11) is 0. The van der Waals surface area contributed by atoms with Crippen molar-refractivity contribution in [3.63, 3.8) is 0 Å². The van der Waals surface area contributed by atoms with Crippen LogP contribution in [0.1, 0.15) is 10.5 Å². The van der Waals surface area contributed by atoms with Crippen LogP contribution in [0.4, 0.5) is 17.6 Å². The van der Waals surface area contributed by atoms with Gasteiger partial charge in [0.15, 0.2) is 0 Å². The zero-order valence-electron chi connectivity index (χ0n) is 22.0. The van der Waals surface area contributed by atoms with Gasteiger partial charge in [-0.2, -0.15) is 54.3 Å². The molecule has 7 rings (SSSR count). The van der Waals surface area contributed by atoms with E-state index in [2.05, 4.69) is 37.5 Å². The van der Waals surface area contributed by atoms with Gasteiger partial charge in [-0.25, -0.2) is 8.78 Å². The predicted octanol–water partition coefficient (Wildman–Crippen LogP) is 4.44. The van der Waals surface area contributed by atoms with Gasteiger partial charge in [-0.1, -0.05) is 30.3 Å². The summed E-state index contributed by atoms with van der Waals surface area (Å²) in [6, 6.07) is 28.5. The third kappa shape index (κ3) is 7.17. The van der Waals surface area contributed by atoms with Crippen LogP contribution in [0.25, 0.3) is 33.4 Å². The molecule has 0 atom stereocenters. The summed E-state index contributed by atoms with van der Waals surface area (Å²) in [5.41, 5.74) is 2.18. The van der Waals surface area contributed by atoms with Crippen LogP contribution in [-0.4, -0.2) is 40.9 Å². The fourth-order valence-electron chi connectivity index (χ4n) is 3.58. The third-order valence-corrected chi connectivity index (χ3v) is 5.58. The Morgan fingerprint density at radius 1 is 0.614 bits per heavy atom. The molecule has 0 aliphatic heterocycles. The van der Waals surface area contributed by atoms with E-state index in [9.17, 15) is 27.5 Å². The zero-order valence-corrected chi connectivity index (χ0v) is 24.4. The summed E-state index contributed by atoms with van der Waals surface area (Å²) in [5, 5.41) is 26.2. The number of fused-ring (bicyclic) bond motifs is 2. The monoisotopic (exact) mass is 775 g/mol. The minimum absolute atomic E-state index is 0. The summed E-state index contributed by atoms with van der Waals surface area (Å²) in [4.78, 5) is 15.6. The van der Waals surface area contributed by atoms with Crippen LogP contribution in [-0.2, 0) is 20.1 Å². The molecule has 0 spiro atoms. The van der Waals surface area contributed by atoms with Crippen molar-refractivity contribution in [1.29, 1.82) is 0 Å². The number of hydrogen-bond acceptors (Lipinski definition) is 7. The quantitative estimate of drug-likeness (QED) is 0.193. The largest absolute Gasteiger partial charge is 3.00 e. The van der Waals surface area contributed by atoms with Gasteiger partial charge in [-0.15, -0.1) is 12.1 Å². The van der Waals surface area contributed by atoms with Crippen LogP contribution in [0.3, 0.4) is 0 Å². The van der Waals surface area contributed by atoms with Gasteiger partial charge >= 0.3 is 20.1 Å². The SMILES string of the molecule is Fc1cc[c-]c(-n2nc3ccccc3n2)c1F.Fc1cc[c-]c(-n2nc3ccccc3n2)c1F.O=C([O-])c1ccccn1.[Ir+3]. The number of halogens is 4. The first kappa shape index (κ1) is 31.6. The molecule has 0 saturated carbocycles. The minimum Gasteiger partial charge on any atom is -0.543 e.